The average molecular weight is 494 g/mol. The number of amides is 3. The molecule has 12 heteroatoms. The van der Waals surface area contributed by atoms with Gasteiger partial charge in [-0.3, -0.25) is 9.69 Å². The van der Waals surface area contributed by atoms with Crippen LogP contribution in [0.3, 0.4) is 0 Å². The number of halogens is 6. The standard InChI is InChI=1S/C19H14Cl3F3N4O2/c1-28-14(15(30)29(17(28)31)11-7-3-2-4-8-11)27-16(18(20,21)22)26-13-10-6-5-9-12(13)19(23,24)25/h2-10,16,26H,1H3. The van der Waals surface area contributed by atoms with Crippen molar-refractivity contribution in [2.24, 2.45) is 4.99 Å². The van der Waals surface area contributed by atoms with Gasteiger partial charge in [0.1, 0.15) is 0 Å². The van der Waals surface area contributed by atoms with Gasteiger partial charge in [0.2, 0.25) is 9.63 Å². The molecule has 6 nitrogen and oxygen atoms in total. The lowest BCUT2D eigenvalue weighted by Crippen LogP contribution is -2.37. The Kier molecular flexibility index (Phi) is 6.40. The molecule has 1 atom stereocenters. The van der Waals surface area contributed by atoms with Crippen molar-refractivity contribution in [3.63, 3.8) is 0 Å². The molecule has 0 saturated carbocycles. The predicted octanol–water partition coefficient (Wildman–Crippen LogP) is 5.31. The van der Waals surface area contributed by atoms with E-state index in [1.807, 2.05) is 0 Å². The molecule has 0 aliphatic carbocycles. The summed E-state index contributed by atoms with van der Waals surface area (Å²) in [5, 5.41) is 2.42. The first-order valence-electron chi connectivity index (χ1n) is 8.65. The maximum absolute atomic E-state index is 13.3. The molecule has 1 unspecified atom stereocenters. The zero-order chi connectivity index (χ0) is 23.0. The minimum Gasteiger partial charge on any atom is -0.360 e. The normalized spacial score (nSPS) is 17.5. The Hall–Kier alpha value is -2.49. The molecule has 0 bridgehead atoms. The van der Waals surface area contributed by atoms with E-state index in [2.05, 4.69) is 10.3 Å². The van der Waals surface area contributed by atoms with Crippen molar-refractivity contribution < 1.29 is 22.8 Å². The number of rotatable bonds is 4. The van der Waals surface area contributed by atoms with Crippen molar-refractivity contribution in [3.8, 4) is 0 Å². The fourth-order valence-electron chi connectivity index (χ4n) is 2.83. The minimum atomic E-state index is -4.69. The van der Waals surface area contributed by atoms with Crippen LogP contribution in [-0.4, -0.2) is 39.7 Å². The number of benzene rings is 2. The summed E-state index contributed by atoms with van der Waals surface area (Å²) in [5.74, 6) is -1.22. The first-order chi connectivity index (χ1) is 14.4. The second kappa shape index (κ2) is 8.57. The molecule has 0 radical (unpaired) electrons. The molecule has 2 aromatic rings. The molecule has 1 saturated heterocycles. The summed E-state index contributed by atoms with van der Waals surface area (Å²) < 4.78 is 37.7. The lowest BCUT2D eigenvalue weighted by molar-refractivity contribution is -0.137. The van der Waals surface area contributed by atoms with Gasteiger partial charge in [0.25, 0.3) is 0 Å². The number of hydrogen-bond acceptors (Lipinski definition) is 4. The van der Waals surface area contributed by atoms with Gasteiger partial charge in [0.15, 0.2) is 6.17 Å². The summed E-state index contributed by atoms with van der Waals surface area (Å²) in [4.78, 5) is 31.2. The molecule has 3 amide bonds. The van der Waals surface area contributed by atoms with E-state index in [1.54, 1.807) is 18.2 Å². The van der Waals surface area contributed by atoms with E-state index >= 15 is 0 Å². The zero-order valence-corrected chi connectivity index (χ0v) is 18.0. The predicted molar refractivity (Wildman–Crippen MR) is 114 cm³/mol. The Morgan fingerprint density at radius 2 is 1.55 bits per heavy atom. The van der Waals surface area contributed by atoms with Gasteiger partial charge in [-0.1, -0.05) is 65.1 Å². The van der Waals surface area contributed by atoms with E-state index in [-0.39, 0.29) is 5.69 Å². The van der Waals surface area contributed by atoms with Crippen molar-refractivity contribution in [1.29, 1.82) is 0 Å². The molecular formula is C19H14Cl3F3N4O2. The van der Waals surface area contributed by atoms with Gasteiger partial charge in [0, 0.05) is 12.7 Å². The Balaban J connectivity index is 2.00. The monoisotopic (exact) mass is 492 g/mol. The molecule has 1 aliphatic rings. The smallest absolute Gasteiger partial charge is 0.360 e. The molecule has 164 valence electrons. The zero-order valence-electron chi connectivity index (χ0n) is 15.7. The number of imide groups is 1. The van der Waals surface area contributed by atoms with Crippen LogP contribution in [0.15, 0.2) is 59.6 Å². The summed E-state index contributed by atoms with van der Waals surface area (Å²) in [6.07, 6.45) is -6.31. The summed E-state index contributed by atoms with van der Waals surface area (Å²) >= 11 is 17.8. The van der Waals surface area contributed by atoms with Crippen molar-refractivity contribution in [3.05, 3.63) is 60.2 Å². The first kappa shape index (κ1) is 23.2. The molecule has 0 spiro atoms. The van der Waals surface area contributed by atoms with Gasteiger partial charge in [-0.15, -0.1) is 0 Å². The minimum absolute atomic E-state index is 0.287. The number of carbonyl (C=O) groups excluding carboxylic acids is 2. The van der Waals surface area contributed by atoms with E-state index in [9.17, 15) is 22.8 Å². The summed E-state index contributed by atoms with van der Waals surface area (Å²) in [5.41, 5.74) is -1.13. The maximum atomic E-state index is 13.3. The fraction of sp³-hybridized carbons (Fsp3) is 0.211. The van der Waals surface area contributed by atoms with Crippen LogP contribution in [-0.2, 0) is 11.0 Å². The summed E-state index contributed by atoms with van der Waals surface area (Å²) in [6, 6.07) is 11.9. The number of likely N-dealkylation sites (N-methyl/N-ethyl adjacent to an activating group) is 1. The Bertz CT molecular complexity index is 1030. The molecule has 1 aliphatic heterocycles. The fourth-order valence-corrected chi connectivity index (χ4v) is 3.14. The second-order valence-electron chi connectivity index (χ2n) is 6.40. The lowest BCUT2D eigenvalue weighted by atomic mass is 10.1. The molecule has 3 rings (SSSR count). The highest BCUT2D eigenvalue weighted by molar-refractivity contribution is 6.68. The van der Waals surface area contributed by atoms with Gasteiger partial charge in [-0.25, -0.2) is 14.7 Å². The number of alkyl halides is 6. The van der Waals surface area contributed by atoms with E-state index in [1.165, 1.54) is 31.3 Å². The molecular weight excluding hydrogens is 480 g/mol. The van der Waals surface area contributed by atoms with Gasteiger partial charge in [-0.05, 0) is 24.3 Å². The highest BCUT2D eigenvalue weighted by Crippen LogP contribution is 2.38. The number of nitrogens with zero attached hydrogens (tertiary/aromatic N) is 3. The molecule has 1 N–H and O–H groups in total. The van der Waals surface area contributed by atoms with Gasteiger partial charge in [0.05, 0.1) is 11.3 Å². The van der Waals surface area contributed by atoms with Crippen molar-refractivity contribution in [2.75, 3.05) is 17.3 Å². The number of nitrogens with one attached hydrogen (secondary N) is 1. The number of anilines is 2. The SMILES string of the molecule is CN1C(=O)N(c2ccccc2)C(=O)C1=NC(Nc1ccccc1C(F)(F)F)C(Cl)(Cl)Cl. The van der Waals surface area contributed by atoms with E-state index < -0.39 is 45.2 Å². The van der Waals surface area contributed by atoms with Crippen LogP contribution in [0.5, 0.6) is 0 Å². The number of amidine groups is 1. The number of carbonyl (C=O) groups is 2. The highest BCUT2D eigenvalue weighted by Gasteiger charge is 2.44. The van der Waals surface area contributed by atoms with E-state index in [0.717, 1.165) is 21.9 Å². The third-order valence-electron chi connectivity index (χ3n) is 4.29. The first-order valence-corrected chi connectivity index (χ1v) is 9.79. The van der Waals surface area contributed by atoms with Gasteiger partial charge < -0.3 is 5.32 Å². The van der Waals surface area contributed by atoms with Crippen LogP contribution >= 0.6 is 34.8 Å². The number of aliphatic imine (C=N–C) groups is 1. The van der Waals surface area contributed by atoms with Crippen LogP contribution in [0.1, 0.15) is 5.56 Å². The van der Waals surface area contributed by atoms with Crippen LogP contribution in [0, 0.1) is 0 Å². The summed E-state index contributed by atoms with van der Waals surface area (Å²) in [7, 11) is 1.28. The Labute approximate surface area is 190 Å². The molecule has 0 aromatic heterocycles. The van der Waals surface area contributed by atoms with Crippen molar-refractivity contribution >= 4 is 64.0 Å². The molecule has 31 heavy (non-hydrogen) atoms. The summed E-state index contributed by atoms with van der Waals surface area (Å²) in [6.45, 7) is 0. The van der Waals surface area contributed by atoms with Gasteiger partial charge >= 0.3 is 18.1 Å². The topological polar surface area (TPSA) is 65.0 Å². The largest absolute Gasteiger partial charge is 0.418 e. The maximum Gasteiger partial charge on any atom is 0.418 e. The average Bonchev–Trinajstić information content (AvgIpc) is 2.90. The van der Waals surface area contributed by atoms with Gasteiger partial charge in [-0.2, -0.15) is 13.2 Å². The highest BCUT2D eigenvalue weighted by atomic mass is 35.6. The van der Waals surface area contributed by atoms with Crippen LogP contribution in [0.25, 0.3) is 0 Å². The van der Waals surface area contributed by atoms with Crippen LogP contribution in [0.2, 0.25) is 0 Å². The van der Waals surface area contributed by atoms with Crippen molar-refractivity contribution in [1.82, 2.24) is 4.90 Å². The van der Waals surface area contributed by atoms with Crippen LogP contribution < -0.4 is 10.2 Å². The van der Waals surface area contributed by atoms with E-state index in [0.29, 0.717) is 0 Å². The Morgan fingerprint density at radius 3 is 2.13 bits per heavy atom. The molecule has 2 aromatic carbocycles. The number of hydrogen-bond donors (Lipinski definition) is 1. The third kappa shape index (κ3) is 4.89. The second-order valence-corrected chi connectivity index (χ2v) is 8.77. The van der Waals surface area contributed by atoms with Crippen molar-refractivity contribution in [2.45, 2.75) is 16.1 Å². The van der Waals surface area contributed by atoms with E-state index in [4.69, 9.17) is 34.8 Å². The number of para-hydroxylation sites is 2. The lowest BCUT2D eigenvalue weighted by Gasteiger charge is -2.25. The number of urea groups is 1. The molecule has 1 heterocycles. The third-order valence-corrected chi connectivity index (χ3v) is 4.91. The van der Waals surface area contributed by atoms with Crippen LogP contribution in [0.4, 0.5) is 29.3 Å². The molecule has 1 fully saturated rings. The Morgan fingerprint density at radius 1 is 0.968 bits per heavy atom. The quantitative estimate of drug-likeness (QED) is 0.464.